The summed E-state index contributed by atoms with van der Waals surface area (Å²) in [7, 11) is -1.54. The zero-order valence-corrected chi connectivity index (χ0v) is 27.8. The molecule has 0 atom stereocenters. The molecule has 7 nitrogen and oxygen atoms in total. The largest absolute Gasteiger partial charge is 0.496 e. The number of carbonyl (C=O) groups excluding carboxylic acids is 1. The van der Waals surface area contributed by atoms with Crippen molar-refractivity contribution in [3.63, 3.8) is 0 Å². The second kappa shape index (κ2) is 13.3. The van der Waals surface area contributed by atoms with E-state index in [4.69, 9.17) is 9.72 Å². The molecule has 9 heteroatoms. The Morgan fingerprint density at radius 1 is 0.977 bits per heavy atom. The van der Waals surface area contributed by atoms with Gasteiger partial charge in [-0.1, -0.05) is 24.3 Å². The summed E-state index contributed by atoms with van der Waals surface area (Å²) in [6.07, 6.45) is 12.8. The van der Waals surface area contributed by atoms with Gasteiger partial charge in [-0.05, 0) is 118 Å². The van der Waals surface area contributed by atoms with Crippen molar-refractivity contribution in [1.29, 1.82) is 0 Å². The normalized spacial score (nSPS) is 24.2. The minimum Gasteiger partial charge on any atom is -0.496 e. The summed E-state index contributed by atoms with van der Waals surface area (Å²) >= 11 is 1.78. The topological polar surface area (TPSA) is 88.6 Å². The van der Waals surface area contributed by atoms with Crippen LogP contribution in [0.15, 0.2) is 48.7 Å². The number of hydrogen-bond donors (Lipinski definition) is 1. The summed E-state index contributed by atoms with van der Waals surface area (Å²) in [6.45, 7) is 2.82. The molecular weight excluding hydrogens is 591 g/mol. The molecule has 0 aliphatic heterocycles. The van der Waals surface area contributed by atoms with Gasteiger partial charge in [0, 0.05) is 36.3 Å². The molecule has 1 amide bonds. The smallest absolute Gasteiger partial charge is 0.230 e. The minimum atomic E-state index is -3.26. The van der Waals surface area contributed by atoms with Gasteiger partial charge in [-0.25, -0.2) is 18.1 Å². The first kappa shape index (κ1) is 31.2. The van der Waals surface area contributed by atoms with Crippen LogP contribution in [-0.2, 0) is 14.8 Å². The number of hydrogen-bond acceptors (Lipinski definition) is 6. The zero-order valence-electron chi connectivity index (χ0n) is 26.1. The lowest BCUT2D eigenvalue weighted by Gasteiger charge is -2.36. The molecule has 0 saturated heterocycles. The highest BCUT2D eigenvalue weighted by atomic mass is 32.2. The van der Waals surface area contributed by atoms with E-state index in [1.807, 2.05) is 6.20 Å². The van der Waals surface area contributed by atoms with Crippen LogP contribution in [0.3, 0.4) is 0 Å². The number of amides is 1. The number of ether oxygens (including phenoxy) is 1. The number of carbonyl (C=O) groups is 1. The highest BCUT2D eigenvalue weighted by molar-refractivity contribution is 7.88. The summed E-state index contributed by atoms with van der Waals surface area (Å²) in [5.74, 6) is 2.61. The minimum absolute atomic E-state index is 0.0883. The molecule has 3 fully saturated rings. The van der Waals surface area contributed by atoms with E-state index in [1.165, 1.54) is 35.2 Å². The van der Waals surface area contributed by atoms with Crippen LogP contribution in [0.2, 0.25) is 0 Å². The van der Waals surface area contributed by atoms with Gasteiger partial charge in [-0.15, -0.1) is 11.3 Å². The fraction of sp³-hybridized carbons (Fsp3) is 0.543. The molecule has 0 unspecified atom stereocenters. The molecule has 0 radical (unpaired) electrons. The Bertz CT molecular complexity index is 1570. The van der Waals surface area contributed by atoms with Gasteiger partial charge in [0.05, 0.1) is 23.3 Å². The average molecular weight is 636 g/mol. The van der Waals surface area contributed by atoms with Gasteiger partial charge in [0.2, 0.25) is 15.9 Å². The number of anilines is 1. The molecule has 3 aliphatic rings. The molecule has 236 valence electrons. The van der Waals surface area contributed by atoms with E-state index < -0.39 is 10.0 Å². The van der Waals surface area contributed by atoms with Crippen LogP contribution in [0.5, 0.6) is 5.75 Å². The van der Waals surface area contributed by atoms with E-state index in [9.17, 15) is 13.2 Å². The molecule has 0 spiro atoms. The van der Waals surface area contributed by atoms with Crippen LogP contribution in [0, 0.1) is 18.8 Å². The van der Waals surface area contributed by atoms with Crippen LogP contribution in [-0.4, -0.2) is 45.3 Å². The zero-order chi connectivity index (χ0) is 30.8. The number of rotatable bonds is 10. The second-order valence-electron chi connectivity index (χ2n) is 13.2. The molecule has 0 bridgehead atoms. The molecule has 1 N–H and O–H groups in total. The first-order chi connectivity index (χ1) is 21.2. The third-order valence-corrected chi connectivity index (χ3v) is 11.8. The Balaban J connectivity index is 1.18. The fourth-order valence-electron chi connectivity index (χ4n) is 7.16. The van der Waals surface area contributed by atoms with Crippen LogP contribution in [0.1, 0.15) is 92.2 Å². The van der Waals surface area contributed by atoms with Gasteiger partial charge in [-0.2, -0.15) is 0 Å². The molecule has 44 heavy (non-hydrogen) atoms. The van der Waals surface area contributed by atoms with Crippen molar-refractivity contribution in [2.75, 3.05) is 24.8 Å². The van der Waals surface area contributed by atoms with Crippen molar-refractivity contribution in [2.45, 2.75) is 89.0 Å². The Morgan fingerprint density at radius 2 is 1.70 bits per heavy atom. The number of benzene rings is 2. The number of nitrogens with one attached hydrogen (secondary N) is 1. The summed E-state index contributed by atoms with van der Waals surface area (Å²) in [4.78, 5) is 22.2. The van der Waals surface area contributed by atoms with Crippen LogP contribution in [0.25, 0.3) is 10.4 Å². The Morgan fingerprint density at radius 3 is 2.36 bits per heavy atom. The van der Waals surface area contributed by atoms with Crippen LogP contribution in [0.4, 0.5) is 5.69 Å². The molecule has 1 aromatic heterocycles. The van der Waals surface area contributed by atoms with E-state index >= 15 is 0 Å². The van der Waals surface area contributed by atoms with Gasteiger partial charge in [0.25, 0.3) is 0 Å². The van der Waals surface area contributed by atoms with Crippen molar-refractivity contribution >= 4 is 33.0 Å². The number of methoxy groups -OCH3 is 1. The van der Waals surface area contributed by atoms with Gasteiger partial charge < -0.3 is 9.64 Å². The maximum absolute atomic E-state index is 14.3. The maximum Gasteiger partial charge on any atom is 0.230 e. The quantitative estimate of drug-likeness (QED) is 0.251. The third-order valence-electron chi connectivity index (χ3n) is 9.79. The molecular formula is C35H45N3O4S2. The summed E-state index contributed by atoms with van der Waals surface area (Å²) < 4.78 is 31.8. The SMILES string of the molecule is COc1ccc(C2CCC(CN(C(=O)C3CCC(NS(C)(=O)=O)CC3)c3cccc(-c4cnc(C5CC5)s4)c3)CC2)cc1C. The predicted molar refractivity (Wildman–Crippen MR) is 178 cm³/mol. The summed E-state index contributed by atoms with van der Waals surface area (Å²) in [5.41, 5.74) is 4.63. The monoisotopic (exact) mass is 635 g/mol. The molecule has 1 heterocycles. The second-order valence-corrected chi connectivity index (χ2v) is 16.1. The van der Waals surface area contributed by atoms with E-state index in [0.29, 0.717) is 50.0 Å². The van der Waals surface area contributed by atoms with Gasteiger partial charge in [0.15, 0.2) is 0 Å². The standard InChI is InChI=1S/C35H45N3O4S2/c1-23-19-28(15-18-32(23)42-2)25-9-7-24(8-10-25)22-38(35(39)27-13-16-30(17-14-27)37-44(3,40)41)31-6-4-5-29(20-31)33-21-36-34(43-33)26-11-12-26/h4-6,15,18-21,24-27,30,37H,7-14,16-17,22H2,1-3H3. The lowest BCUT2D eigenvalue weighted by molar-refractivity contribution is -0.123. The van der Waals surface area contributed by atoms with Gasteiger partial charge in [-0.3, -0.25) is 4.79 Å². The number of thiazole rings is 1. The van der Waals surface area contributed by atoms with Crippen LogP contribution >= 0.6 is 11.3 Å². The van der Waals surface area contributed by atoms with Gasteiger partial charge in [0.1, 0.15) is 5.75 Å². The Kier molecular flexibility index (Phi) is 9.45. The fourth-order valence-corrected chi connectivity index (χ4v) is 9.09. The number of aryl methyl sites for hydroxylation is 1. The molecule has 3 aromatic rings. The van der Waals surface area contributed by atoms with E-state index in [0.717, 1.165) is 47.6 Å². The first-order valence-corrected chi connectivity index (χ1v) is 18.9. The van der Waals surface area contributed by atoms with Gasteiger partial charge >= 0.3 is 0 Å². The van der Waals surface area contributed by atoms with Crippen molar-refractivity contribution in [3.8, 4) is 16.2 Å². The van der Waals surface area contributed by atoms with Crippen molar-refractivity contribution < 1.29 is 17.9 Å². The Hall–Kier alpha value is -2.75. The number of nitrogens with zero attached hydrogens (tertiary/aromatic N) is 2. The average Bonchev–Trinajstić information content (AvgIpc) is 3.75. The lowest BCUT2D eigenvalue weighted by Crippen LogP contribution is -2.44. The van der Waals surface area contributed by atoms with E-state index in [-0.39, 0.29) is 17.9 Å². The predicted octanol–water partition coefficient (Wildman–Crippen LogP) is 7.42. The van der Waals surface area contributed by atoms with E-state index in [2.05, 4.69) is 59.0 Å². The Labute approximate surface area is 266 Å². The lowest BCUT2D eigenvalue weighted by atomic mass is 9.78. The van der Waals surface area contributed by atoms with Crippen LogP contribution < -0.4 is 14.4 Å². The molecule has 2 aromatic carbocycles. The molecule has 3 saturated carbocycles. The maximum atomic E-state index is 14.3. The molecule has 6 rings (SSSR count). The number of aromatic nitrogens is 1. The molecule has 3 aliphatic carbocycles. The van der Waals surface area contributed by atoms with Crippen molar-refractivity contribution in [3.05, 3.63) is 64.8 Å². The highest BCUT2D eigenvalue weighted by Gasteiger charge is 2.34. The highest BCUT2D eigenvalue weighted by Crippen LogP contribution is 2.44. The number of sulfonamides is 1. The first-order valence-electron chi connectivity index (χ1n) is 16.2. The third kappa shape index (κ3) is 7.54. The van der Waals surface area contributed by atoms with E-state index in [1.54, 1.807) is 18.4 Å². The summed E-state index contributed by atoms with van der Waals surface area (Å²) in [6, 6.07) is 14.9. The van der Waals surface area contributed by atoms with Crippen molar-refractivity contribution in [2.24, 2.45) is 11.8 Å². The summed E-state index contributed by atoms with van der Waals surface area (Å²) in [5, 5.41) is 1.22. The van der Waals surface area contributed by atoms with Crippen molar-refractivity contribution in [1.82, 2.24) is 9.71 Å².